The highest BCUT2D eigenvalue weighted by Crippen LogP contribution is 2.27. The summed E-state index contributed by atoms with van der Waals surface area (Å²) in [6, 6.07) is 9.48. The van der Waals surface area contributed by atoms with Gasteiger partial charge in [-0.15, -0.1) is 0 Å². The number of nitrogens with two attached hydrogens (primary N) is 1. The van der Waals surface area contributed by atoms with Crippen molar-refractivity contribution in [2.75, 3.05) is 30.5 Å². The van der Waals surface area contributed by atoms with Crippen LogP contribution in [0.4, 0.5) is 22.9 Å². The predicted octanol–water partition coefficient (Wildman–Crippen LogP) is 1.48. The molecule has 1 aromatic carbocycles. The minimum Gasteiger partial charge on any atom is -0.394 e. The van der Waals surface area contributed by atoms with Gasteiger partial charge in [-0.05, 0) is 5.56 Å². The number of hydrogen-bond acceptors (Lipinski definition) is 7. The van der Waals surface area contributed by atoms with Crippen molar-refractivity contribution < 1.29 is 4.79 Å². The Morgan fingerprint density at radius 1 is 1.00 bits per heavy atom. The molecule has 0 unspecified atom stereocenters. The van der Waals surface area contributed by atoms with Crippen LogP contribution in [0, 0.1) is 0 Å². The molecule has 11 nitrogen and oxygen atoms in total. The topological polar surface area (TPSA) is 132 Å². The van der Waals surface area contributed by atoms with Gasteiger partial charge in [-0.3, -0.25) is 14.4 Å². The molecule has 0 aliphatic heterocycles. The Morgan fingerprint density at radius 2 is 1.55 bits per heavy atom. The van der Waals surface area contributed by atoms with E-state index in [-0.39, 0.29) is 34.5 Å². The lowest BCUT2D eigenvalue weighted by atomic mass is 10.2. The molecular formula is C22H32N8O3. The molecule has 0 saturated carbocycles. The van der Waals surface area contributed by atoms with Crippen molar-refractivity contribution in [1.29, 1.82) is 0 Å². The van der Waals surface area contributed by atoms with Crippen LogP contribution in [0.5, 0.6) is 0 Å². The summed E-state index contributed by atoms with van der Waals surface area (Å²) in [6.45, 7) is 4.34. The smallest absolute Gasteiger partial charge is 0.291 e. The van der Waals surface area contributed by atoms with Crippen LogP contribution in [0.25, 0.3) is 0 Å². The first-order valence-corrected chi connectivity index (χ1v) is 10.5. The van der Waals surface area contributed by atoms with E-state index in [0.29, 0.717) is 6.54 Å². The summed E-state index contributed by atoms with van der Waals surface area (Å²) in [7, 11) is 7.77. The van der Waals surface area contributed by atoms with Gasteiger partial charge < -0.3 is 21.3 Å². The molecule has 3 rings (SSSR count). The van der Waals surface area contributed by atoms with Gasteiger partial charge in [0, 0.05) is 41.8 Å². The lowest BCUT2D eigenvalue weighted by Gasteiger charge is -2.17. The van der Waals surface area contributed by atoms with Crippen molar-refractivity contribution in [2.24, 2.45) is 21.1 Å². The zero-order valence-corrected chi connectivity index (χ0v) is 20.1. The second-order valence-corrected chi connectivity index (χ2v) is 7.31. The van der Waals surface area contributed by atoms with Gasteiger partial charge in [0.2, 0.25) is 0 Å². The van der Waals surface area contributed by atoms with Crippen molar-refractivity contribution in [3.63, 3.8) is 0 Å². The predicted molar refractivity (Wildman–Crippen MR) is 131 cm³/mol. The minimum atomic E-state index is -0.446. The molecule has 0 aliphatic rings. The molecule has 33 heavy (non-hydrogen) atoms. The second kappa shape index (κ2) is 10.5. The molecule has 0 aliphatic carbocycles. The number of hydrogen-bond donors (Lipinski definition) is 3. The number of benzene rings is 1. The third kappa shape index (κ3) is 5.08. The van der Waals surface area contributed by atoms with Gasteiger partial charge in [0.1, 0.15) is 17.1 Å². The highest BCUT2D eigenvalue weighted by Gasteiger charge is 2.24. The highest BCUT2D eigenvalue weighted by molar-refractivity contribution is 6.00. The van der Waals surface area contributed by atoms with Gasteiger partial charge in [-0.1, -0.05) is 44.2 Å². The van der Waals surface area contributed by atoms with Crippen LogP contribution in [0.1, 0.15) is 29.9 Å². The third-order valence-corrected chi connectivity index (χ3v) is 4.96. The van der Waals surface area contributed by atoms with E-state index in [0.717, 1.165) is 5.56 Å². The Bertz CT molecular complexity index is 1240. The van der Waals surface area contributed by atoms with Gasteiger partial charge >= 0.3 is 0 Å². The first-order chi connectivity index (χ1) is 15.6. The lowest BCUT2D eigenvalue weighted by molar-refractivity contribution is 0.0822. The maximum absolute atomic E-state index is 13.0. The third-order valence-electron chi connectivity index (χ3n) is 4.96. The number of amides is 1. The number of carbonyl (C=O) groups is 1. The molecular weight excluding hydrogens is 424 g/mol. The number of nitrogens with one attached hydrogen (secondary N) is 2. The van der Waals surface area contributed by atoms with Gasteiger partial charge in [0.25, 0.3) is 17.0 Å². The van der Waals surface area contributed by atoms with Crippen molar-refractivity contribution in [2.45, 2.75) is 20.4 Å². The quantitative estimate of drug-likeness (QED) is 0.512. The largest absolute Gasteiger partial charge is 0.394 e. The standard InChI is InChI=1S/C20H26N8O3.C2H6/c1-25(2)18(29)14-13(21)17(26(3)24-14)23-16-15(19(30)27(4)28(5)20(16)31)22-11-12-9-7-6-8-10-12;1-2/h6-10,22-23H,11,21H2,1-5H3;1-2H3. The molecule has 0 saturated heterocycles. The van der Waals surface area contributed by atoms with Crippen LogP contribution in [0.3, 0.4) is 0 Å². The lowest BCUT2D eigenvalue weighted by Crippen LogP contribution is -2.38. The van der Waals surface area contributed by atoms with Gasteiger partial charge in [-0.2, -0.15) is 5.10 Å². The first kappa shape index (κ1) is 25.2. The van der Waals surface area contributed by atoms with Crippen LogP contribution in [-0.2, 0) is 27.7 Å². The number of aromatic nitrogens is 4. The summed E-state index contributed by atoms with van der Waals surface area (Å²) in [5.74, 6) is -0.140. The maximum Gasteiger partial charge on any atom is 0.291 e. The van der Waals surface area contributed by atoms with E-state index in [2.05, 4.69) is 15.7 Å². The number of anilines is 4. The monoisotopic (exact) mass is 456 g/mol. The van der Waals surface area contributed by atoms with E-state index in [1.165, 1.54) is 33.0 Å². The summed E-state index contributed by atoms with van der Waals surface area (Å²) >= 11 is 0. The van der Waals surface area contributed by atoms with Crippen molar-refractivity contribution >= 4 is 28.8 Å². The molecule has 4 N–H and O–H groups in total. The van der Waals surface area contributed by atoms with Crippen molar-refractivity contribution in [3.05, 3.63) is 62.3 Å². The fourth-order valence-corrected chi connectivity index (χ4v) is 3.05. The number of aryl methyl sites for hydroxylation is 1. The Hall–Kier alpha value is -4.02. The normalized spacial score (nSPS) is 10.3. The molecule has 2 aromatic heterocycles. The first-order valence-electron chi connectivity index (χ1n) is 10.5. The molecule has 3 aromatic rings. The summed E-state index contributed by atoms with van der Waals surface area (Å²) in [5.41, 5.74) is 6.49. The summed E-state index contributed by atoms with van der Waals surface area (Å²) in [6.07, 6.45) is 0. The van der Waals surface area contributed by atoms with Crippen LogP contribution in [-0.4, -0.2) is 44.0 Å². The van der Waals surface area contributed by atoms with E-state index < -0.39 is 11.1 Å². The zero-order chi connectivity index (χ0) is 24.9. The summed E-state index contributed by atoms with van der Waals surface area (Å²) in [5, 5.41) is 10.2. The van der Waals surface area contributed by atoms with Gasteiger partial charge in [0.15, 0.2) is 11.5 Å². The fourth-order valence-electron chi connectivity index (χ4n) is 3.05. The maximum atomic E-state index is 13.0. The van der Waals surface area contributed by atoms with Gasteiger partial charge in [-0.25, -0.2) is 14.0 Å². The molecule has 2 heterocycles. The van der Waals surface area contributed by atoms with Crippen LogP contribution in [0.15, 0.2) is 39.9 Å². The number of rotatable bonds is 6. The minimum absolute atomic E-state index is 0.0140. The number of nitrogens with zero attached hydrogens (tertiary/aromatic N) is 5. The van der Waals surface area contributed by atoms with Crippen molar-refractivity contribution in [1.82, 2.24) is 24.0 Å². The van der Waals surface area contributed by atoms with E-state index >= 15 is 0 Å². The highest BCUT2D eigenvalue weighted by atomic mass is 16.2. The van der Waals surface area contributed by atoms with E-state index in [4.69, 9.17) is 5.73 Å². The molecule has 11 heteroatoms. The Balaban J connectivity index is 0.00000187. The molecule has 1 amide bonds. The second-order valence-electron chi connectivity index (χ2n) is 7.31. The SMILES string of the molecule is CC.CN(C)C(=O)c1nn(C)c(Nc2c(NCc3ccccc3)c(=O)n(C)n(C)c2=O)c1N. The fraction of sp³-hybridized carbons (Fsp3) is 0.364. The van der Waals surface area contributed by atoms with E-state index in [9.17, 15) is 14.4 Å². The van der Waals surface area contributed by atoms with E-state index in [1.54, 1.807) is 21.1 Å². The summed E-state index contributed by atoms with van der Waals surface area (Å²) < 4.78 is 3.77. The van der Waals surface area contributed by atoms with Gasteiger partial charge in [0.05, 0.1) is 0 Å². The van der Waals surface area contributed by atoms with Crippen LogP contribution in [0.2, 0.25) is 0 Å². The number of nitrogen functional groups attached to an aromatic ring is 1. The van der Waals surface area contributed by atoms with E-state index in [1.807, 2.05) is 44.2 Å². The molecule has 0 bridgehead atoms. The average Bonchev–Trinajstić information content (AvgIpc) is 3.10. The van der Waals surface area contributed by atoms with Crippen molar-refractivity contribution in [3.8, 4) is 0 Å². The number of carbonyl (C=O) groups excluding carboxylic acids is 1. The Kier molecular flexibility index (Phi) is 8.05. The zero-order valence-electron chi connectivity index (χ0n) is 20.1. The summed E-state index contributed by atoms with van der Waals surface area (Å²) in [4.78, 5) is 39.6. The van der Waals surface area contributed by atoms with Crippen LogP contribution >= 0.6 is 0 Å². The average molecular weight is 457 g/mol. The molecule has 0 radical (unpaired) electrons. The van der Waals surface area contributed by atoms with Crippen LogP contribution < -0.4 is 27.5 Å². The molecule has 0 atom stereocenters. The molecule has 0 spiro atoms. The Morgan fingerprint density at radius 3 is 2.09 bits per heavy atom. The molecule has 0 fully saturated rings. The molecule has 178 valence electrons. The Labute approximate surface area is 192 Å².